The lowest BCUT2D eigenvalue weighted by atomic mass is 9.67. The lowest BCUT2D eigenvalue weighted by molar-refractivity contribution is 0.131. The fourth-order valence-electron chi connectivity index (χ4n) is 3.05. The van der Waals surface area contributed by atoms with Crippen molar-refractivity contribution < 1.29 is 9.47 Å². The number of hydrogen-bond donors (Lipinski definition) is 2. The number of halogens is 1. The first kappa shape index (κ1) is 23.0. The lowest BCUT2D eigenvalue weighted by Crippen LogP contribution is -2.46. The highest BCUT2D eigenvalue weighted by Crippen LogP contribution is 2.42. The Hall–Kier alpha value is -1.02. The zero-order valence-corrected chi connectivity index (χ0v) is 18.7. The van der Waals surface area contributed by atoms with E-state index < -0.39 is 0 Å². The fourth-order valence-corrected chi connectivity index (χ4v) is 3.05. The van der Waals surface area contributed by atoms with Crippen LogP contribution in [-0.4, -0.2) is 39.4 Å². The minimum absolute atomic E-state index is 0. The zero-order valence-electron chi connectivity index (χ0n) is 16.3. The van der Waals surface area contributed by atoms with Gasteiger partial charge in [0.15, 0.2) is 5.96 Å². The molecule has 0 atom stereocenters. The largest absolute Gasteiger partial charge is 0.491 e. The van der Waals surface area contributed by atoms with E-state index in [-0.39, 0.29) is 24.0 Å². The van der Waals surface area contributed by atoms with Crippen LogP contribution >= 0.6 is 24.0 Å². The van der Waals surface area contributed by atoms with Crippen molar-refractivity contribution in [3.05, 3.63) is 29.8 Å². The van der Waals surface area contributed by atoms with Crippen molar-refractivity contribution in [3.63, 3.8) is 0 Å². The van der Waals surface area contributed by atoms with Gasteiger partial charge in [-0.25, -0.2) is 4.99 Å². The highest BCUT2D eigenvalue weighted by atomic mass is 127. The van der Waals surface area contributed by atoms with E-state index in [0.717, 1.165) is 24.8 Å². The van der Waals surface area contributed by atoms with Gasteiger partial charge in [0, 0.05) is 20.2 Å². The van der Waals surface area contributed by atoms with Gasteiger partial charge in [0.2, 0.25) is 0 Å². The van der Waals surface area contributed by atoms with Gasteiger partial charge in [0.05, 0.1) is 13.2 Å². The summed E-state index contributed by atoms with van der Waals surface area (Å²) in [4.78, 5) is 4.72. The standard InChI is InChI=1S/C20H33N3O2.HI/c1-4-20(11-6-12-20)16-23-19(21-5-2)22-15-17-7-9-18(10-8-17)25-14-13-24-3;/h7-10H,4-6,11-16H2,1-3H3,(H2,21,22,23);1H. The molecule has 1 aliphatic carbocycles. The number of methoxy groups -OCH3 is 1. The SMILES string of the molecule is CCNC(=NCc1ccc(OCCOC)cc1)NCC1(CC)CCC1.I. The molecule has 5 nitrogen and oxygen atoms in total. The zero-order chi connectivity index (χ0) is 18.0. The van der Waals surface area contributed by atoms with E-state index in [0.29, 0.717) is 25.2 Å². The first-order chi connectivity index (χ1) is 12.2. The lowest BCUT2D eigenvalue weighted by Gasteiger charge is -2.41. The van der Waals surface area contributed by atoms with Crippen LogP contribution in [0.25, 0.3) is 0 Å². The predicted molar refractivity (Wildman–Crippen MR) is 119 cm³/mol. The number of nitrogens with zero attached hydrogens (tertiary/aromatic N) is 1. The summed E-state index contributed by atoms with van der Waals surface area (Å²) in [6.45, 7) is 8.11. The second-order valence-electron chi connectivity index (χ2n) is 6.74. The number of hydrogen-bond acceptors (Lipinski definition) is 3. The normalized spacial score (nSPS) is 15.6. The molecule has 0 spiro atoms. The van der Waals surface area contributed by atoms with E-state index >= 15 is 0 Å². The van der Waals surface area contributed by atoms with E-state index in [4.69, 9.17) is 14.5 Å². The Morgan fingerprint density at radius 2 is 1.85 bits per heavy atom. The van der Waals surface area contributed by atoms with Gasteiger partial charge in [-0.05, 0) is 49.3 Å². The van der Waals surface area contributed by atoms with Crippen molar-refractivity contribution in [2.45, 2.75) is 46.1 Å². The molecule has 1 aromatic rings. The number of ether oxygens (including phenoxy) is 2. The second kappa shape index (κ2) is 12.4. The third-order valence-electron chi connectivity index (χ3n) is 5.04. The quantitative estimate of drug-likeness (QED) is 0.233. The first-order valence-corrected chi connectivity index (χ1v) is 9.44. The van der Waals surface area contributed by atoms with Gasteiger partial charge in [0.1, 0.15) is 12.4 Å². The molecule has 0 bridgehead atoms. The molecule has 0 amide bonds. The molecule has 6 heteroatoms. The number of aliphatic imine (C=N–C) groups is 1. The van der Waals surface area contributed by atoms with Gasteiger partial charge in [-0.15, -0.1) is 24.0 Å². The van der Waals surface area contributed by atoms with Gasteiger partial charge in [-0.3, -0.25) is 0 Å². The maximum atomic E-state index is 5.59. The van der Waals surface area contributed by atoms with Crippen molar-refractivity contribution in [2.24, 2.45) is 10.4 Å². The Kier molecular flexibility index (Phi) is 11.0. The van der Waals surface area contributed by atoms with Crippen LogP contribution in [0.4, 0.5) is 0 Å². The van der Waals surface area contributed by atoms with Gasteiger partial charge < -0.3 is 20.1 Å². The van der Waals surface area contributed by atoms with E-state index in [1.165, 1.54) is 31.2 Å². The predicted octanol–water partition coefficient (Wildman–Crippen LogP) is 3.97. The van der Waals surface area contributed by atoms with Gasteiger partial charge in [-0.1, -0.05) is 25.5 Å². The summed E-state index contributed by atoms with van der Waals surface area (Å²) in [6.07, 6.45) is 5.27. The van der Waals surface area contributed by atoms with Crippen molar-refractivity contribution in [3.8, 4) is 5.75 Å². The molecular weight excluding hydrogens is 441 g/mol. The molecule has 0 saturated heterocycles. The number of rotatable bonds is 10. The highest BCUT2D eigenvalue weighted by molar-refractivity contribution is 14.0. The van der Waals surface area contributed by atoms with E-state index in [1.54, 1.807) is 7.11 Å². The first-order valence-electron chi connectivity index (χ1n) is 9.44. The summed E-state index contributed by atoms with van der Waals surface area (Å²) in [7, 11) is 1.67. The van der Waals surface area contributed by atoms with Crippen molar-refractivity contribution in [1.29, 1.82) is 0 Å². The van der Waals surface area contributed by atoms with E-state index in [2.05, 4.69) is 36.6 Å². The molecule has 1 fully saturated rings. The molecule has 1 saturated carbocycles. The molecule has 0 aliphatic heterocycles. The van der Waals surface area contributed by atoms with Crippen LogP contribution in [0.2, 0.25) is 0 Å². The summed E-state index contributed by atoms with van der Waals surface area (Å²) in [6, 6.07) is 8.10. The smallest absolute Gasteiger partial charge is 0.191 e. The summed E-state index contributed by atoms with van der Waals surface area (Å²) in [5.74, 6) is 1.77. The third kappa shape index (κ3) is 7.31. The molecule has 26 heavy (non-hydrogen) atoms. The molecule has 2 N–H and O–H groups in total. The molecule has 0 unspecified atom stereocenters. The van der Waals surface area contributed by atoms with Crippen LogP contribution in [-0.2, 0) is 11.3 Å². The Labute approximate surface area is 175 Å². The van der Waals surface area contributed by atoms with Crippen LogP contribution < -0.4 is 15.4 Å². The van der Waals surface area contributed by atoms with Crippen LogP contribution in [0, 0.1) is 5.41 Å². The Balaban J connectivity index is 0.00000338. The maximum Gasteiger partial charge on any atom is 0.191 e. The van der Waals surface area contributed by atoms with Crippen LogP contribution in [0.3, 0.4) is 0 Å². The number of guanidine groups is 1. The van der Waals surface area contributed by atoms with E-state index in [1.807, 2.05) is 12.1 Å². The van der Waals surface area contributed by atoms with Crippen LogP contribution in [0.1, 0.15) is 45.1 Å². The number of benzene rings is 1. The number of nitrogens with one attached hydrogen (secondary N) is 2. The van der Waals surface area contributed by atoms with Gasteiger partial charge in [0.25, 0.3) is 0 Å². The van der Waals surface area contributed by atoms with Crippen molar-refractivity contribution in [1.82, 2.24) is 10.6 Å². The Morgan fingerprint density at radius 3 is 2.38 bits per heavy atom. The minimum Gasteiger partial charge on any atom is -0.491 e. The molecule has 2 rings (SSSR count). The average Bonchev–Trinajstić information content (AvgIpc) is 2.60. The van der Waals surface area contributed by atoms with Crippen LogP contribution in [0.5, 0.6) is 5.75 Å². The molecule has 1 aliphatic rings. The summed E-state index contributed by atoms with van der Waals surface area (Å²) < 4.78 is 10.6. The highest BCUT2D eigenvalue weighted by Gasteiger charge is 2.34. The van der Waals surface area contributed by atoms with E-state index in [9.17, 15) is 0 Å². The van der Waals surface area contributed by atoms with Crippen LogP contribution in [0.15, 0.2) is 29.3 Å². The van der Waals surface area contributed by atoms with Crippen molar-refractivity contribution in [2.75, 3.05) is 33.4 Å². The molecule has 148 valence electrons. The summed E-state index contributed by atoms with van der Waals surface area (Å²) in [5, 5.41) is 6.87. The molecular formula is C20H34IN3O2. The van der Waals surface area contributed by atoms with Gasteiger partial charge >= 0.3 is 0 Å². The topological polar surface area (TPSA) is 54.9 Å². The van der Waals surface area contributed by atoms with Gasteiger partial charge in [-0.2, -0.15) is 0 Å². The molecule has 0 aromatic heterocycles. The molecule has 0 radical (unpaired) electrons. The maximum absolute atomic E-state index is 5.59. The summed E-state index contributed by atoms with van der Waals surface area (Å²) in [5.41, 5.74) is 1.65. The Bertz CT molecular complexity index is 525. The average molecular weight is 475 g/mol. The molecule has 0 heterocycles. The monoisotopic (exact) mass is 475 g/mol. The van der Waals surface area contributed by atoms with Crippen molar-refractivity contribution >= 4 is 29.9 Å². The minimum atomic E-state index is 0. The third-order valence-corrected chi connectivity index (χ3v) is 5.04. The second-order valence-corrected chi connectivity index (χ2v) is 6.74. The Morgan fingerprint density at radius 1 is 1.12 bits per heavy atom. The fraction of sp³-hybridized carbons (Fsp3) is 0.650. The summed E-state index contributed by atoms with van der Waals surface area (Å²) >= 11 is 0. The molecule has 1 aromatic carbocycles.